The Morgan fingerprint density at radius 3 is 2.43 bits per heavy atom. The Hall–Kier alpha value is -1.89. The third kappa shape index (κ3) is 4.86. The van der Waals surface area contributed by atoms with Crippen molar-refractivity contribution in [2.24, 2.45) is 0 Å². The van der Waals surface area contributed by atoms with E-state index in [9.17, 15) is 13.6 Å². The molecular formula is C14H19F2NO4. The van der Waals surface area contributed by atoms with Gasteiger partial charge in [0.05, 0.1) is 12.7 Å². The van der Waals surface area contributed by atoms with Crippen LogP contribution in [0.5, 0.6) is 5.75 Å². The Balaban J connectivity index is 2.96. The van der Waals surface area contributed by atoms with Crippen LogP contribution in [0.2, 0.25) is 0 Å². The zero-order chi connectivity index (χ0) is 16.3. The van der Waals surface area contributed by atoms with Gasteiger partial charge < -0.3 is 14.6 Å². The van der Waals surface area contributed by atoms with Crippen LogP contribution >= 0.6 is 0 Å². The molecule has 1 rings (SSSR count). The number of carbonyl (C=O) groups excluding carboxylic acids is 1. The number of aliphatic hydroxyl groups is 1. The second kappa shape index (κ2) is 6.26. The van der Waals surface area contributed by atoms with Gasteiger partial charge in [0.2, 0.25) is 0 Å². The largest absolute Gasteiger partial charge is 0.496 e. The van der Waals surface area contributed by atoms with Gasteiger partial charge >= 0.3 is 6.09 Å². The summed E-state index contributed by atoms with van der Waals surface area (Å²) in [5.74, 6) is -3.56. The molecule has 1 aromatic carbocycles. The standard InChI is InChI=1S/C14H19F2NO4/c1-13(2,3)21-12(19)17-9-5-6-10(11(7-9)20-4)14(15,16)8-18/h5-7,18H,8H2,1-4H3,(H,17,19). The summed E-state index contributed by atoms with van der Waals surface area (Å²) in [5, 5.41) is 11.1. The number of hydrogen-bond acceptors (Lipinski definition) is 4. The first-order chi connectivity index (χ1) is 9.59. The fourth-order valence-electron chi connectivity index (χ4n) is 1.58. The number of amides is 1. The average Bonchev–Trinajstić information content (AvgIpc) is 2.36. The maximum absolute atomic E-state index is 13.5. The van der Waals surface area contributed by atoms with Gasteiger partial charge in [-0.3, -0.25) is 5.32 Å². The summed E-state index contributed by atoms with van der Waals surface area (Å²) in [6, 6.07) is 3.61. The van der Waals surface area contributed by atoms with E-state index in [2.05, 4.69) is 5.32 Å². The molecule has 0 radical (unpaired) electrons. The van der Waals surface area contributed by atoms with E-state index in [0.717, 1.165) is 6.07 Å². The molecule has 0 aliphatic heterocycles. The van der Waals surface area contributed by atoms with Crippen molar-refractivity contribution in [3.63, 3.8) is 0 Å². The van der Waals surface area contributed by atoms with Crippen LogP contribution in [0.15, 0.2) is 18.2 Å². The lowest BCUT2D eigenvalue weighted by Gasteiger charge is -2.21. The molecule has 0 heterocycles. The number of carbonyl (C=O) groups is 1. The topological polar surface area (TPSA) is 67.8 Å². The van der Waals surface area contributed by atoms with Gasteiger partial charge in [-0.05, 0) is 32.9 Å². The molecule has 118 valence electrons. The maximum atomic E-state index is 13.5. The van der Waals surface area contributed by atoms with Crippen LogP contribution in [0, 0.1) is 0 Å². The van der Waals surface area contributed by atoms with Gasteiger partial charge in [0.1, 0.15) is 18.0 Å². The first kappa shape index (κ1) is 17.2. The summed E-state index contributed by atoms with van der Waals surface area (Å²) < 4.78 is 36.9. The van der Waals surface area contributed by atoms with Crippen molar-refractivity contribution in [1.82, 2.24) is 0 Å². The van der Waals surface area contributed by atoms with Gasteiger partial charge in [-0.25, -0.2) is 4.79 Å². The number of benzene rings is 1. The van der Waals surface area contributed by atoms with Crippen molar-refractivity contribution >= 4 is 11.8 Å². The summed E-state index contributed by atoms with van der Waals surface area (Å²) >= 11 is 0. The normalized spacial score (nSPS) is 12.0. The predicted molar refractivity (Wildman–Crippen MR) is 73.8 cm³/mol. The van der Waals surface area contributed by atoms with Crippen LogP contribution < -0.4 is 10.1 Å². The van der Waals surface area contributed by atoms with Crippen LogP contribution in [0.3, 0.4) is 0 Å². The second-order valence-corrected chi connectivity index (χ2v) is 5.40. The summed E-state index contributed by atoms with van der Waals surface area (Å²) in [5.41, 5.74) is -0.876. The highest BCUT2D eigenvalue weighted by molar-refractivity contribution is 5.85. The van der Waals surface area contributed by atoms with Crippen LogP contribution in [-0.4, -0.2) is 30.5 Å². The zero-order valence-electron chi connectivity index (χ0n) is 12.4. The highest BCUT2D eigenvalue weighted by atomic mass is 19.3. The molecule has 0 atom stereocenters. The molecule has 0 aliphatic rings. The minimum atomic E-state index is -3.42. The minimum Gasteiger partial charge on any atom is -0.496 e. The predicted octanol–water partition coefficient (Wildman–Crippen LogP) is 3.13. The molecule has 0 fully saturated rings. The van der Waals surface area contributed by atoms with Crippen LogP contribution in [0.25, 0.3) is 0 Å². The van der Waals surface area contributed by atoms with E-state index in [-0.39, 0.29) is 11.4 Å². The van der Waals surface area contributed by atoms with Crippen LogP contribution in [-0.2, 0) is 10.7 Å². The third-order valence-corrected chi connectivity index (χ3v) is 2.44. The van der Waals surface area contributed by atoms with Gasteiger partial charge in [0, 0.05) is 11.8 Å². The summed E-state index contributed by atoms with van der Waals surface area (Å²) in [7, 11) is 1.23. The number of alkyl halides is 2. The first-order valence-corrected chi connectivity index (χ1v) is 6.26. The fraction of sp³-hybridized carbons (Fsp3) is 0.500. The molecule has 2 N–H and O–H groups in total. The number of halogens is 2. The third-order valence-electron chi connectivity index (χ3n) is 2.44. The summed E-state index contributed by atoms with van der Waals surface area (Å²) in [4.78, 5) is 11.6. The molecule has 0 aliphatic carbocycles. The molecule has 0 unspecified atom stereocenters. The number of nitrogens with one attached hydrogen (secondary N) is 1. The van der Waals surface area contributed by atoms with E-state index >= 15 is 0 Å². The lowest BCUT2D eigenvalue weighted by Crippen LogP contribution is -2.27. The van der Waals surface area contributed by atoms with Gasteiger partial charge in [0.25, 0.3) is 5.92 Å². The molecule has 0 aromatic heterocycles. The van der Waals surface area contributed by atoms with E-state index in [1.54, 1.807) is 20.8 Å². The van der Waals surface area contributed by atoms with Crippen molar-refractivity contribution < 1.29 is 28.2 Å². The van der Waals surface area contributed by atoms with Crippen LogP contribution in [0.1, 0.15) is 26.3 Å². The van der Waals surface area contributed by atoms with Crippen molar-refractivity contribution in [2.75, 3.05) is 19.0 Å². The highest BCUT2D eigenvalue weighted by Gasteiger charge is 2.34. The number of methoxy groups -OCH3 is 1. The monoisotopic (exact) mass is 303 g/mol. The SMILES string of the molecule is COc1cc(NC(=O)OC(C)(C)C)ccc1C(F)(F)CO. The zero-order valence-corrected chi connectivity index (χ0v) is 12.4. The van der Waals surface area contributed by atoms with E-state index in [1.807, 2.05) is 0 Å². The second-order valence-electron chi connectivity index (χ2n) is 5.40. The van der Waals surface area contributed by atoms with Crippen LogP contribution in [0.4, 0.5) is 19.3 Å². The molecule has 1 amide bonds. The van der Waals surface area contributed by atoms with E-state index in [1.165, 1.54) is 19.2 Å². The van der Waals surface area contributed by atoms with Crippen molar-refractivity contribution in [1.29, 1.82) is 0 Å². The Bertz CT molecular complexity index is 512. The summed E-state index contributed by atoms with van der Waals surface area (Å²) in [6.45, 7) is 3.79. The Morgan fingerprint density at radius 2 is 1.95 bits per heavy atom. The molecule has 21 heavy (non-hydrogen) atoms. The number of ether oxygens (including phenoxy) is 2. The lowest BCUT2D eigenvalue weighted by atomic mass is 10.1. The van der Waals surface area contributed by atoms with E-state index in [0.29, 0.717) is 0 Å². The van der Waals surface area contributed by atoms with Crippen molar-refractivity contribution in [2.45, 2.75) is 32.3 Å². The summed E-state index contributed by atoms with van der Waals surface area (Å²) in [6.07, 6.45) is -0.703. The number of aliphatic hydroxyl groups excluding tert-OH is 1. The van der Waals surface area contributed by atoms with Gasteiger partial charge in [-0.1, -0.05) is 0 Å². The molecule has 0 saturated heterocycles. The number of hydrogen-bond donors (Lipinski definition) is 2. The van der Waals surface area contributed by atoms with E-state index in [4.69, 9.17) is 14.6 Å². The smallest absolute Gasteiger partial charge is 0.412 e. The molecule has 1 aromatic rings. The molecular weight excluding hydrogens is 284 g/mol. The van der Waals surface area contributed by atoms with Crippen molar-refractivity contribution in [3.05, 3.63) is 23.8 Å². The molecule has 0 spiro atoms. The maximum Gasteiger partial charge on any atom is 0.412 e. The fourth-order valence-corrected chi connectivity index (χ4v) is 1.58. The Kier molecular flexibility index (Phi) is 5.11. The average molecular weight is 303 g/mol. The van der Waals surface area contributed by atoms with E-state index < -0.39 is 29.8 Å². The quantitative estimate of drug-likeness (QED) is 0.896. The van der Waals surface area contributed by atoms with Gasteiger partial charge in [-0.15, -0.1) is 0 Å². The van der Waals surface area contributed by atoms with Gasteiger partial charge in [0.15, 0.2) is 0 Å². The molecule has 5 nitrogen and oxygen atoms in total. The molecule has 7 heteroatoms. The number of anilines is 1. The highest BCUT2D eigenvalue weighted by Crippen LogP contribution is 2.36. The molecule has 0 saturated carbocycles. The minimum absolute atomic E-state index is 0.136. The number of rotatable bonds is 4. The Labute approximate surface area is 121 Å². The van der Waals surface area contributed by atoms with Crippen molar-refractivity contribution in [3.8, 4) is 5.75 Å². The lowest BCUT2D eigenvalue weighted by molar-refractivity contribution is -0.0571. The molecule has 0 bridgehead atoms. The van der Waals surface area contributed by atoms with Gasteiger partial charge in [-0.2, -0.15) is 8.78 Å². The first-order valence-electron chi connectivity index (χ1n) is 6.26. The Morgan fingerprint density at radius 1 is 1.33 bits per heavy atom.